The first-order chi connectivity index (χ1) is 7.26. The van der Waals surface area contributed by atoms with Crippen molar-refractivity contribution in [2.75, 3.05) is 25.5 Å². The van der Waals surface area contributed by atoms with Crippen molar-refractivity contribution in [2.45, 2.75) is 12.0 Å². The maximum Gasteiger partial charge on any atom is 0.119 e. The summed E-state index contributed by atoms with van der Waals surface area (Å²) in [7, 11) is 1.64. The molecular weight excluding hydrogens is 192 g/mol. The number of aliphatic hydroxyl groups is 1. The SMILES string of the molecule is COc1ccc2c(c1)C(C(O)CN)CN2. The van der Waals surface area contributed by atoms with E-state index in [4.69, 9.17) is 10.5 Å². The summed E-state index contributed by atoms with van der Waals surface area (Å²) in [6, 6.07) is 5.83. The Bertz CT molecular complexity index is 354. The van der Waals surface area contributed by atoms with Gasteiger partial charge in [-0.05, 0) is 23.8 Å². The van der Waals surface area contributed by atoms with E-state index in [1.807, 2.05) is 18.2 Å². The average Bonchev–Trinajstić information content (AvgIpc) is 2.70. The van der Waals surface area contributed by atoms with Crippen molar-refractivity contribution in [3.63, 3.8) is 0 Å². The molecule has 0 saturated heterocycles. The molecule has 0 bridgehead atoms. The minimum atomic E-state index is -0.495. The summed E-state index contributed by atoms with van der Waals surface area (Å²) in [4.78, 5) is 0. The van der Waals surface area contributed by atoms with E-state index in [2.05, 4.69) is 5.32 Å². The molecule has 1 heterocycles. The smallest absolute Gasteiger partial charge is 0.119 e. The molecule has 0 saturated carbocycles. The third-order valence-electron chi connectivity index (χ3n) is 2.88. The molecular formula is C11H16N2O2. The molecule has 15 heavy (non-hydrogen) atoms. The zero-order valence-corrected chi connectivity index (χ0v) is 8.73. The van der Waals surface area contributed by atoms with Crippen LogP contribution in [0.3, 0.4) is 0 Å². The van der Waals surface area contributed by atoms with Gasteiger partial charge in [-0.15, -0.1) is 0 Å². The quantitative estimate of drug-likeness (QED) is 0.677. The average molecular weight is 208 g/mol. The first-order valence-corrected chi connectivity index (χ1v) is 5.06. The van der Waals surface area contributed by atoms with Crippen molar-refractivity contribution in [1.82, 2.24) is 0 Å². The van der Waals surface area contributed by atoms with Gasteiger partial charge in [-0.25, -0.2) is 0 Å². The second kappa shape index (κ2) is 4.08. The lowest BCUT2D eigenvalue weighted by Gasteiger charge is -2.16. The summed E-state index contributed by atoms with van der Waals surface area (Å²) >= 11 is 0. The Morgan fingerprint density at radius 3 is 3.13 bits per heavy atom. The summed E-state index contributed by atoms with van der Waals surface area (Å²) in [5, 5.41) is 13.0. The first-order valence-electron chi connectivity index (χ1n) is 5.06. The van der Waals surface area contributed by atoms with Gasteiger partial charge in [0.1, 0.15) is 5.75 Å². The predicted octanol–water partition coefficient (Wildman–Crippen LogP) is 0.524. The highest BCUT2D eigenvalue weighted by molar-refractivity contribution is 5.60. The number of fused-ring (bicyclic) bond motifs is 1. The van der Waals surface area contributed by atoms with E-state index in [1.54, 1.807) is 7.11 Å². The predicted molar refractivity (Wildman–Crippen MR) is 59.3 cm³/mol. The van der Waals surface area contributed by atoms with Crippen LogP contribution < -0.4 is 15.8 Å². The Balaban J connectivity index is 2.31. The van der Waals surface area contributed by atoms with Crippen molar-refractivity contribution < 1.29 is 9.84 Å². The van der Waals surface area contributed by atoms with Gasteiger partial charge in [-0.1, -0.05) is 0 Å². The maximum atomic E-state index is 9.76. The molecule has 1 aliphatic heterocycles. The molecule has 0 amide bonds. The second-order valence-electron chi connectivity index (χ2n) is 3.74. The Kier molecular flexibility index (Phi) is 2.79. The molecule has 4 N–H and O–H groups in total. The summed E-state index contributed by atoms with van der Waals surface area (Å²) in [5.74, 6) is 0.881. The highest BCUT2D eigenvalue weighted by Gasteiger charge is 2.27. The van der Waals surface area contributed by atoms with Crippen LogP contribution in [0.5, 0.6) is 5.75 Å². The fraction of sp³-hybridized carbons (Fsp3) is 0.455. The van der Waals surface area contributed by atoms with E-state index in [0.717, 1.165) is 23.5 Å². The van der Waals surface area contributed by atoms with Crippen molar-refractivity contribution >= 4 is 5.69 Å². The van der Waals surface area contributed by atoms with Gasteiger partial charge in [0.2, 0.25) is 0 Å². The van der Waals surface area contributed by atoms with E-state index >= 15 is 0 Å². The number of hydrogen-bond acceptors (Lipinski definition) is 4. The van der Waals surface area contributed by atoms with E-state index < -0.39 is 6.10 Å². The molecule has 82 valence electrons. The molecule has 0 radical (unpaired) electrons. The van der Waals surface area contributed by atoms with Gasteiger partial charge in [-0.2, -0.15) is 0 Å². The molecule has 4 nitrogen and oxygen atoms in total. The van der Waals surface area contributed by atoms with Crippen LogP contribution in [0.1, 0.15) is 11.5 Å². The number of benzene rings is 1. The number of rotatable bonds is 3. The van der Waals surface area contributed by atoms with E-state index in [0.29, 0.717) is 0 Å². The minimum Gasteiger partial charge on any atom is -0.497 e. The van der Waals surface area contributed by atoms with Crippen LogP contribution in [-0.2, 0) is 0 Å². The van der Waals surface area contributed by atoms with Crippen LogP contribution in [0.4, 0.5) is 5.69 Å². The van der Waals surface area contributed by atoms with Crippen molar-refractivity contribution in [2.24, 2.45) is 5.73 Å². The highest BCUT2D eigenvalue weighted by Crippen LogP contribution is 2.35. The molecule has 1 aromatic rings. The standard InChI is InChI=1S/C11H16N2O2/c1-15-7-2-3-10-8(4-7)9(6-13-10)11(14)5-12/h2-4,9,11,13-14H,5-6,12H2,1H3. The maximum absolute atomic E-state index is 9.76. The number of hydrogen-bond donors (Lipinski definition) is 3. The van der Waals surface area contributed by atoms with Gasteiger partial charge in [0.25, 0.3) is 0 Å². The van der Waals surface area contributed by atoms with Crippen LogP contribution in [0, 0.1) is 0 Å². The van der Waals surface area contributed by atoms with Crippen molar-refractivity contribution in [3.05, 3.63) is 23.8 Å². The second-order valence-corrected chi connectivity index (χ2v) is 3.74. The van der Waals surface area contributed by atoms with Crippen LogP contribution in [0.25, 0.3) is 0 Å². The van der Waals surface area contributed by atoms with Gasteiger partial charge in [-0.3, -0.25) is 0 Å². The summed E-state index contributed by atoms with van der Waals surface area (Å²) in [6.45, 7) is 1.02. The Morgan fingerprint density at radius 1 is 1.67 bits per heavy atom. The van der Waals surface area contributed by atoms with Gasteiger partial charge in [0.05, 0.1) is 13.2 Å². The Hall–Kier alpha value is -1.26. The number of aliphatic hydroxyl groups excluding tert-OH is 1. The molecule has 0 spiro atoms. The highest BCUT2D eigenvalue weighted by atomic mass is 16.5. The fourth-order valence-corrected chi connectivity index (χ4v) is 1.97. The molecule has 2 atom stereocenters. The zero-order valence-electron chi connectivity index (χ0n) is 8.73. The fourth-order valence-electron chi connectivity index (χ4n) is 1.97. The Labute approximate surface area is 89.0 Å². The number of nitrogens with one attached hydrogen (secondary N) is 1. The first kappa shape index (κ1) is 10.3. The zero-order chi connectivity index (χ0) is 10.8. The number of anilines is 1. The van der Waals surface area contributed by atoms with Crippen LogP contribution in [0.2, 0.25) is 0 Å². The van der Waals surface area contributed by atoms with Gasteiger partial charge in [0.15, 0.2) is 0 Å². The van der Waals surface area contributed by atoms with Crippen LogP contribution in [0.15, 0.2) is 18.2 Å². The summed E-state index contributed by atoms with van der Waals surface area (Å²) < 4.78 is 5.16. The van der Waals surface area contributed by atoms with Crippen LogP contribution >= 0.6 is 0 Å². The van der Waals surface area contributed by atoms with Crippen LogP contribution in [-0.4, -0.2) is 31.4 Å². The van der Waals surface area contributed by atoms with E-state index in [-0.39, 0.29) is 12.5 Å². The topological polar surface area (TPSA) is 67.5 Å². The lowest BCUT2D eigenvalue weighted by Crippen LogP contribution is -2.28. The largest absolute Gasteiger partial charge is 0.497 e. The third kappa shape index (κ3) is 1.78. The number of nitrogens with two attached hydrogens (primary N) is 1. The molecule has 0 fully saturated rings. The molecule has 1 aromatic carbocycles. The number of ether oxygens (including phenoxy) is 1. The van der Waals surface area contributed by atoms with Gasteiger partial charge >= 0.3 is 0 Å². The molecule has 0 aromatic heterocycles. The van der Waals surface area contributed by atoms with Gasteiger partial charge in [0, 0.05) is 24.7 Å². The Morgan fingerprint density at radius 2 is 2.47 bits per heavy atom. The molecule has 2 unspecified atom stereocenters. The minimum absolute atomic E-state index is 0.0695. The monoisotopic (exact) mass is 208 g/mol. The van der Waals surface area contributed by atoms with E-state index in [9.17, 15) is 5.11 Å². The van der Waals surface area contributed by atoms with E-state index in [1.165, 1.54) is 0 Å². The lowest BCUT2D eigenvalue weighted by atomic mass is 9.95. The third-order valence-corrected chi connectivity index (χ3v) is 2.88. The van der Waals surface area contributed by atoms with Crippen molar-refractivity contribution in [3.8, 4) is 5.75 Å². The molecule has 2 rings (SSSR count). The molecule has 1 aliphatic rings. The van der Waals surface area contributed by atoms with Gasteiger partial charge < -0.3 is 20.9 Å². The number of methoxy groups -OCH3 is 1. The normalized spacial score (nSPS) is 20.6. The molecule has 4 heteroatoms. The molecule has 0 aliphatic carbocycles. The summed E-state index contributed by atoms with van der Waals surface area (Å²) in [5.41, 5.74) is 7.62. The lowest BCUT2D eigenvalue weighted by molar-refractivity contribution is 0.157. The van der Waals surface area contributed by atoms with Crippen molar-refractivity contribution in [1.29, 1.82) is 0 Å². The summed E-state index contributed by atoms with van der Waals surface area (Å²) in [6.07, 6.45) is -0.495.